The van der Waals surface area contributed by atoms with E-state index < -0.39 is 0 Å². The van der Waals surface area contributed by atoms with Gasteiger partial charge in [0.2, 0.25) is 0 Å². The van der Waals surface area contributed by atoms with E-state index in [1.807, 2.05) is 18.2 Å². The largest absolute Gasteiger partial charge is 0.507 e. The Bertz CT molecular complexity index is 686. The summed E-state index contributed by atoms with van der Waals surface area (Å²) in [5.41, 5.74) is 2.17. The molecule has 1 aliphatic heterocycles. The Balaban J connectivity index is 2.05. The molecule has 0 spiro atoms. The highest BCUT2D eigenvalue weighted by Crippen LogP contribution is 2.47. The average molecular weight is 314 g/mol. The van der Waals surface area contributed by atoms with Crippen LogP contribution in [0, 0.1) is 5.41 Å². The maximum Gasteiger partial charge on any atom is 0.123 e. The fourth-order valence-corrected chi connectivity index (χ4v) is 3.28. The minimum atomic E-state index is -0.105. The van der Waals surface area contributed by atoms with Crippen molar-refractivity contribution in [3.8, 4) is 22.6 Å². The Kier molecular flexibility index (Phi) is 4.28. The number of para-hydroxylation sites is 1. The number of phenols is 2. The number of phenolic OH excluding ortho intramolecular Hbond substituents is 2. The molecule has 4 nitrogen and oxygen atoms in total. The van der Waals surface area contributed by atoms with Crippen molar-refractivity contribution in [2.24, 2.45) is 5.41 Å². The predicted octanol–water partition coefficient (Wildman–Crippen LogP) is 3.88. The molecule has 23 heavy (non-hydrogen) atoms. The number of benzene rings is 2. The van der Waals surface area contributed by atoms with Crippen LogP contribution in [0.2, 0.25) is 0 Å². The van der Waals surface area contributed by atoms with Crippen molar-refractivity contribution >= 4 is 0 Å². The minimum absolute atomic E-state index is 0.0261. The number of methoxy groups -OCH3 is 1. The van der Waals surface area contributed by atoms with Crippen LogP contribution in [0.15, 0.2) is 42.5 Å². The van der Waals surface area contributed by atoms with Gasteiger partial charge in [-0.3, -0.25) is 0 Å². The fraction of sp³-hybridized carbons (Fsp3) is 0.368. The molecule has 0 amide bonds. The van der Waals surface area contributed by atoms with Crippen molar-refractivity contribution in [2.45, 2.75) is 19.4 Å². The molecule has 0 bridgehead atoms. The molecule has 1 heterocycles. The van der Waals surface area contributed by atoms with Crippen LogP contribution < -0.4 is 0 Å². The molecule has 3 rings (SSSR count). The lowest BCUT2D eigenvalue weighted by atomic mass is 9.74. The fourth-order valence-electron chi connectivity index (χ4n) is 3.28. The van der Waals surface area contributed by atoms with Gasteiger partial charge < -0.3 is 19.7 Å². The van der Waals surface area contributed by atoms with E-state index in [0.29, 0.717) is 24.3 Å². The molecular formula is C19H22O4. The molecule has 2 N–H and O–H groups in total. The van der Waals surface area contributed by atoms with E-state index in [0.717, 1.165) is 12.0 Å². The molecule has 1 unspecified atom stereocenters. The second-order valence-corrected chi connectivity index (χ2v) is 6.12. The maximum absolute atomic E-state index is 10.2. The van der Waals surface area contributed by atoms with Crippen LogP contribution in [0.5, 0.6) is 11.5 Å². The minimum Gasteiger partial charge on any atom is -0.507 e. The topological polar surface area (TPSA) is 58.9 Å². The van der Waals surface area contributed by atoms with Crippen LogP contribution in [0.3, 0.4) is 0 Å². The zero-order chi connectivity index (χ0) is 16.4. The van der Waals surface area contributed by atoms with E-state index in [2.05, 4.69) is 6.92 Å². The van der Waals surface area contributed by atoms with Crippen LogP contribution >= 0.6 is 0 Å². The number of rotatable bonds is 5. The molecule has 0 aromatic heterocycles. The highest BCUT2D eigenvalue weighted by atomic mass is 16.5. The Hall–Kier alpha value is -2.04. The zero-order valence-corrected chi connectivity index (χ0v) is 13.5. The van der Waals surface area contributed by atoms with Gasteiger partial charge in [-0.2, -0.15) is 0 Å². The lowest BCUT2D eigenvalue weighted by molar-refractivity contribution is -0.184. The van der Waals surface area contributed by atoms with Crippen LogP contribution in [-0.2, 0) is 9.47 Å². The third-order valence-corrected chi connectivity index (χ3v) is 4.79. The summed E-state index contributed by atoms with van der Waals surface area (Å²) in [5, 5.41) is 20.3. The summed E-state index contributed by atoms with van der Waals surface area (Å²) in [4.78, 5) is 0. The zero-order valence-electron chi connectivity index (χ0n) is 13.5. The van der Waals surface area contributed by atoms with Gasteiger partial charge in [0.1, 0.15) is 11.5 Å². The van der Waals surface area contributed by atoms with E-state index in [1.54, 1.807) is 31.4 Å². The van der Waals surface area contributed by atoms with Gasteiger partial charge in [-0.1, -0.05) is 31.2 Å². The summed E-state index contributed by atoms with van der Waals surface area (Å²) in [6.07, 6.45) is 0.852. The highest BCUT2D eigenvalue weighted by Gasteiger charge is 2.45. The standard InChI is InChI=1S/C19H22O4/c1-3-19(11-23-12-19)18(22-2)13-8-9-17(21)15(10-13)14-6-4-5-7-16(14)20/h4-10,18,20-21H,3,11-12H2,1-2H3. The summed E-state index contributed by atoms with van der Waals surface area (Å²) in [5.74, 6) is 0.284. The number of hydrogen-bond acceptors (Lipinski definition) is 4. The molecule has 0 saturated carbocycles. The van der Waals surface area contributed by atoms with Gasteiger partial charge in [0, 0.05) is 23.7 Å². The van der Waals surface area contributed by atoms with E-state index >= 15 is 0 Å². The van der Waals surface area contributed by atoms with Crippen molar-refractivity contribution in [1.82, 2.24) is 0 Å². The van der Waals surface area contributed by atoms with Gasteiger partial charge in [0.15, 0.2) is 0 Å². The third kappa shape index (κ3) is 2.69. The second kappa shape index (κ2) is 6.22. The van der Waals surface area contributed by atoms with Gasteiger partial charge in [-0.15, -0.1) is 0 Å². The van der Waals surface area contributed by atoms with Gasteiger partial charge in [-0.05, 0) is 30.2 Å². The van der Waals surface area contributed by atoms with E-state index in [9.17, 15) is 10.2 Å². The summed E-state index contributed by atoms with van der Waals surface area (Å²) < 4.78 is 11.2. The molecule has 1 aliphatic rings. The molecule has 1 atom stereocenters. The van der Waals surface area contributed by atoms with Gasteiger partial charge >= 0.3 is 0 Å². The summed E-state index contributed by atoms with van der Waals surface area (Å²) >= 11 is 0. The van der Waals surface area contributed by atoms with Crippen LogP contribution in [0.25, 0.3) is 11.1 Å². The first-order chi connectivity index (χ1) is 11.1. The van der Waals surface area contributed by atoms with Gasteiger partial charge in [0.25, 0.3) is 0 Å². The molecule has 1 fully saturated rings. The van der Waals surface area contributed by atoms with Gasteiger partial charge in [0.05, 0.1) is 19.3 Å². The molecular weight excluding hydrogens is 292 g/mol. The Morgan fingerprint density at radius 2 is 1.78 bits per heavy atom. The van der Waals surface area contributed by atoms with E-state index in [-0.39, 0.29) is 23.0 Å². The molecule has 0 aliphatic carbocycles. The van der Waals surface area contributed by atoms with Crippen molar-refractivity contribution in [3.63, 3.8) is 0 Å². The Labute approximate surface area is 136 Å². The summed E-state index contributed by atoms with van der Waals surface area (Å²) in [6, 6.07) is 12.4. The predicted molar refractivity (Wildman–Crippen MR) is 88.5 cm³/mol. The van der Waals surface area contributed by atoms with Crippen LogP contribution in [-0.4, -0.2) is 30.5 Å². The van der Waals surface area contributed by atoms with Crippen LogP contribution in [0.4, 0.5) is 0 Å². The summed E-state index contributed by atoms with van der Waals surface area (Å²) in [6.45, 7) is 3.49. The highest BCUT2D eigenvalue weighted by molar-refractivity contribution is 5.75. The monoisotopic (exact) mass is 314 g/mol. The third-order valence-electron chi connectivity index (χ3n) is 4.79. The molecule has 1 saturated heterocycles. The lowest BCUT2D eigenvalue weighted by Crippen LogP contribution is -2.47. The second-order valence-electron chi connectivity index (χ2n) is 6.12. The number of aromatic hydroxyl groups is 2. The SMILES string of the molecule is CCC1(C(OC)c2ccc(O)c(-c3ccccc3O)c2)COC1. The van der Waals surface area contributed by atoms with Crippen molar-refractivity contribution < 1.29 is 19.7 Å². The maximum atomic E-state index is 10.2. The normalized spacial score (nSPS) is 17.5. The molecule has 0 radical (unpaired) electrons. The molecule has 2 aromatic rings. The van der Waals surface area contributed by atoms with E-state index in [1.165, 1.54) is 0 Å². The van der Waals surface area contributed by atoms with Crippen LogP contribution in [0.1, 0.15) is 25.0 Å². The van der Waals surface area contributed by atoms with Crippen molar-refractivity contribution in [1.29, 1.82) is 0 Å². The number of hydrogen-bond donors (Lipinski definition) is 2. The smallest absolute Gasteiger partial charge is 0.123 e. The van der Waals surface area contributed by atoms with Crippen molar-refractivity contribution in [3.05, 3.63) is 48.0 Å². The first-order valence-corrected chi connectivity index (χ1v) is 7.83. The average Bonchev–Trinajstić information content (AvgIpc) is 2.52. The molecule has 122 valence electrons. The first-order valence-electron chi connectivity index (χ1n) is 7.83. The first kappa shape index (κ1) is 15.8. The number of ether oxygens (including phenoxy) is 2. The Morgan fingerprint density at radius 3 is 2.35 bits per heavy atom. The molecule has 2 aromatic carbocycles. The quantitative estimate of drug-likeness (QED) is 0.879. The molecule has 4 heteroatoms. The summed E-state index contributed by atoms with van der Waals surface area (Å²) in [7, 11) is 1.70. The van der Waals surface area contributed by atoms with E-state index in [4.69, 9.17) is 9.47 Å². The van der Waals surface area contributed by atoms with Crippen molar-refractivity contribution in [2.75, 3.05) is 20.3 Å². The Morgan fingerprint density at radius 1 is 1.09 bits per heavy atom. The van der Waals surface area contributed by atoms with Gasteiger partial charge in [-0.25, -0.2) is 0 Å². The lowest BCUT2D eigenvalue weighted by Gasteiger charge is -2.46.